The number of aryl methyl sites for hydroxylation is 1. The Bertz CT molecular complexity index is 568. The summed E-state index contributed by atoms with van der Waals surface area (Å²) >= 11 is 0. The third-order valence-corrected chi connectivity index (χ3v) is 4.32. The highest BCUT2D eigenvalue weighted by molar-refractivity contribution is 5.30. The summed E-state index contributed by atoms with van der Waals surface area (Å²) < 4.78 is 1.97. The summed E-state index contributed by atoms with van der Waals surface area (Å²) in [5, 5.41) is 4.47. The van der Waals surface area contributed by atoms with Crippen LogP contribution in [-0.4, -0.2) is 27.8 Å². The van der Waals surface area contributed by atoms with Crippen LogP contribution >= 0.6 is 0 Å². The van der Waals surface area contributed by atoms with E-state index in [0.29, 0.717) is 5.92 Å². The van der Waals surface area contributed by atoms with Crippen molar-refractivity contribution >= 4 is 5.82 Å². The Morgan fingerprint density at radius 2 is 1.90 bits per heavy atom. The molecule has 21 heavy (non-hydrogen) atoms. The summed E-state index contributed by atoms with van der Waals surface area (Å²) in [4.78, 5) is 2.55. The molecule has 1 aromatic heterocycles. The molecule has 0 spiro atoms. The van der Waals surface area contributed by atoms with Gasteiger partial charge in [0.15, 0.2) is 0 Å². The molecule has 2 heterocycles. The summed E-state index contributed by atoms with van der Waals surface area (Å²) in [5.41, 5.74) is 8.39. The number of benzene rings is 1. The number of piperidine rings is 1. The maximum Gasteiger partial charge on any atom is 0.121 e. The summed E-state index contributed by atoms with van der Waals surface area (Å²) in [6.07, 6.45) is 2.45. The lowest BCUT2D eigenvalue weighted by molar-refractivity contribution is 0.165. The van der Waals surface area contributed by atoms with Gasteiger partial charge in [0.1, 0.15) is 5.82 Å². The van der Waals surface area contributed by atoms with E-state index >= 15 is 0 Å². The predicted molar refractivity (Wildman–Crippen MR) is 85.8 cm³/mol. The highest BCUT2D eigenvalue weighted by Crippen LogP contribution is 2.21. The van der Waals surface area contributed by atoms with Crippen LogP contribution < -0.4 is 5.73 Å². The standard InChI is InChI=1S/C17H24N4/c1-14-11-17(18)21(19-14)13-16-7-9-20(10-8-16)12-15-5-3-2-4-6-15/h2-6,11,16H,7-10,12-13,18H2,1H3. The van der Waals surface area contributed by atoms with Crippen molar-refractivity contribution in [1.82, 2.24) is 14.7 Å². The summed E-state index contributed by atoms with van der Waals surface area (Å²) in [7, 11) is 0. The number of nitrogens with two attached hydrogens (primary N) is 1. The molecular formula is C17H24N4. The number of likely N-dealkylation sites (tertiary alicyclic amines) is 1. The van der Waals surface area contributed by atoms with E-state index < -0.39 is 0 Å². The average Bonchev–Trinajstić information content (AvgIpc) is 2.80. The first-order valence-electron chi connectivity index (χ1n) is 7.77. The van der Waals surface area contributed by atoms with Gasteiger partial charge >= 0.3 is 0 Å². The SMILES string of the molecule is Cc1cc(N)n(CC2CCN(Cc3ccccc3)CC2)n1. The van der Waals surface area contributed by atoms with Crippen molar-refractivity contribution in [2.24, 2.45) is 5.92 Å². The first kappa shape index (κ1) is 14.1. The molecule has 0 amide bonds. The van der Waals surface area contributed by atoms with E-state index in [1.165, 1.54) is 31.5 Å². The van der Waals surface area contributed by atoms with Gasteiger partial charge in [0.25, 0.3) is 0 Å². The van der Waals surface area contributed by atoms with E-state index in [1.54, 1.807) is 0 Å². The van der Waals surface area contributed by atoms with E-state index in [2.05, 4.69) is 40.3 Å². The highest BCUT2D eigenvalue weighted by Gasteiger charge is 2.20. The van der Waals surface area contributed by atoms with Crippen molar-refractivity contribution in [2.45, 2.75) is 32.9 Å². The molecule has 0 unspecified atom stereocenters. The third kappa shape index (κ3) is 3.64. The molecule has 0 saturated carbocycles. The predicted octanol–water partition coefficient (Wildman–Crippen LogP) is 2.69. The fraction of sp³-hybridized carbons (Fsp3) is 0.471. The Morgan fingerprint density at radius 3 is 2.52 bits per heavy atom. The van der Waals surface area contributed by atoms with Gasteiger partial charge < -0.3 is 5.73 Å². The van der Waals surface area contributed by atoms with Crippen molar-refractivity contribution in [1.29, 1.82) is 0 Å². The average molecular weight is 284 g/mol. The molecule has 0 bridgehead atoms. The monoisotopic (exact) mass is 284 g/mol. The topological polar surface area (TPSA) is 47.1 Å². The molecule has 3 rings (SSSR count). The Hall–Kier alpha value is -1.81. The minimum atomic E-state index is 0.693. The first-order chi connectivity index (χ1) is 10.2. The van der Waals surface area contributed by atoms with Crippen molar-refractivity contribution in [3.8, 4) is 0 Å². The van der Waals surface area contributed by atoms with Crippen LogP contribution in [0.1, 0.15) is 24.1 Å². The third-order valence-electron chi connectivity index (χ3n) is 4.32. The van der Waals surface area contributed by atoms with Crippen molar-refractivity contribution in [3.63, 3.8) is 0 Å². The van der Waals surface area contributed by atoms with Crippen LogP contribution in [0.25, 0.3) is 0 Å². The number of hydrogen-bond donors (Lipinski definition) is 1. The summed E-state index contributed by atoms with van der Waals surface area (Å²) in [5.74, 6) is 1.48. The van der Waals surface area contributed by atoms with Gasteiger partial charge in [-0.1, -0.05) is 30.3 Å². The normalized spacial score (nSPS) is 17.2. The molecule has 1 saturated heterocycles. The van der Waals surface area contributed by atoms with E-state index in [4.69, 9.17) is 5.73 Å². The van der Waals surface area contributed by atoms with Crippen LogP contribution in [0.4, 0.5) is 5.82 Å². The minimum Gasteiger partial charge on any atom is -0.384 e. The quantitative estimate of drug-likeness (QED) is 0.939. The lowest BCUT2D eigenvalue weighted by Gasteiger charge is -2.32. The van der Waals surface area contributed by atoms with Crippen LogP contribution in [-0.2, 0) is 13.1 Å². The maximum absolute atomic E-state index is 5.98. The number of hydrogen-bond acceptors (Lipinski definition) is 3. The fourth-order valence-electron chi connectivity index (χ4n) is 3.13. The van der Waals surface area contributed by atoms with E-state index in [9.17, 15) is 0 Å². The second-order valence-corrected chi connectivity index (χ2v) is 6.10. The van der Waals surface area contributed by atoms with Gasteiger partial charge in [-0.15, -0.1) is 0 Å². The Balaban J connectivity index is 1.50. The second-order valence-electron chi connectivity index (χ2n) is 6.10. The van der Waals surface area contributed by atoms with E-state index in [-0.39, 0.29) is 0 Å². The molecule has 2 aromatic rings. The first-order valence-corrected chi connectivity index (χ1v) is 7.77. The van der Waals surface area contributed by atoms with Crippen LogP contribution in [0.2, 0.25) is 0 Å². The van der Waals surface area contributed by atoms with Gasteiger partial charge in [-0.25, -0.2) is 4.68 Å². The van der Waals surface area contributed by atoms with Crippen LogP contribution in [0, 0.1) is 12.8 Å². The molecule has 0 radical (unpaired) electrons. The largest absolute Gasteiger partial charge is 0.384 e. The number of nitrogens with zero attached hydrogens (tertiary/aromatic N) is 3. The second kappa shape index (κ2) is 6.31. The number of aromatic nitrogens is 2. The van der Waals surface area contributed by atoms with Gasteiger partial charge in [-0.3, -0.25) is 4.90 Å². The molecule has 1 fully saturated rings. The zero-order valence-corrected chi connectivity index (χ0v) is 12.7. The van der Waals surface area contributed by atoms with Gasteiger partial charge in [0, 0.05) is 19.2 Å². The fourth-order valence-corrected chi connectivity index (χ4v) is 3.13. The Kier molecular flexibility index (Phi) is 4.25. The molecule has 2 N–H and O–H groups in total. The van der Waals surface area contributed by atoms with Gasteiger partial charge in [-0.05, 0) is 44.3 Å². The number of anilines is 1. The molecule has 1 aliphatic heterocycles. The molecular weight excluding hydrogens is 260 g/mol. The molecule has 112 valence electrons. The van der Waals surface area contributed by atoms with E-state index in [0.717, 1.165) is 24.6 Å². The number of nitrogen functional groups attached to an aromatic ring is 1. The lowest BCUT2D eigenvalue weighted by atomic mass is 9.96. The highest BCUT2D eigenvalue weighted by atomic mass is 15.3. The lowest BCUT2D eigenvalue weighted by Crippen LogP contribution is -2.34. The van der Waals surface area contributed by atoms with Gasteiger partial charge in [0.05, 0.1) is 5.69 Å². The Labute approximate surface area is 126 Å². The molecule has 1 aliphatic rings. The summed E-state index contributed by atoms with van der Waals surface area (Å²) in [6.45, 7) is 6.35. The van der Waals surface area contributed by atoms with Gasteiger partial charge in [-0.2, -0.15) is 5.10 Å². The molecule has 0 atom stereocenters. The molecule has 4 nitrogen and oxygen atoms in total. The van der Waals surface area contributed by atoms with Gasteiger partial charge in [0.2, 0.25) is 0 Å². The molecule has 1 aromatic carbocycles. The minimum absolute atomic E-state index is 0.693. The smallest absolute Gasteiger partial charge is 0.121 e. The summed E-state index contributed by atoms with van der Waals surface area (Å²) in [6, 6.07) is 12.7. The maximum atomic E-state index is 5.98. The van der Waals surface area contributed by atoms with Crippen LogP contribution in [0.5, 0.6) is 0 Å². The van der Waals surface area contributed by atoms with E-state index in [1.807, 2.05) is 17.7 Å². The van der Waals surface area contributed by atoms with Crippen molar-refractivity contribution in [3.05, 3.63) is 47.7 Å². The zero-order chi connectivity index (χ0) is 14.7. The van der Waals surface area contributed by atoms with Crippen molar-refractivity contribution < 1.29 is 0 Å². The Morgan fingerprint density at radius 1 is 1.19 bits per heavy atom. The van der Waals surface area contributed by atoms with Crippen molar-refractivity contribution in [2.75, 3.05) is 18.8 Å². The zero-order valence-electron chi connectivity index (χ0n) is 12.7. The van der Waals surface area contributed by atoms with Crippen LogP contribution in [0.15, 0.2) is 36.4 Å². The molecule has 0 aliphatic carbocycles. The molecule has 4 heteroatoms. The van der Waals surface area contributed by atoms with Crippen LogP contribution in [0.3, 0.4) is 0 Å². The number of rotatable bonds is 4.